The van der Waals surface area contributed by atoms with Gasteiger partial charge in [0.05, 0.1) is 12.5 Å². The van der Waals surface area contributed by atoms with Crippen molar-refractivity contribution in [1.29, 1.82) is 0 Å². The Balaban J connectivity index is 1.28. The number of pyridine rings is 1. The third-order valence-electron chi connectivity index (χ3n) is 4.85. The molecule has 4 aromatic rings. The summed E-state index contributed by atoms with van der Waals surface area (Å²) >= 11 is 0. The molecule has 4 heterocycles. The monoisotopic (exact) mass is 346 g/mol. The smallest absolute Gasteiger partial charge is 0.247 e. The van der Waals surface area contributed by atoms with Gasteiger partial charge in [0.1, 0.15) is 11.3 Å². The number of para-hydroxylation sites is 1. The van der Waals surface area contributed by atoms with Crippen LogP contribution in [0.15, 0.2) is 63.7 Å². The van der Waals surface area contributed by atoms with Crippen LogP contribution in [0.25, 0.3) is 22.4 Å². The average Bonchev–Trinajstić information content (AvgIpc) is 3.41. The quantitative estimate of drug-likeness (QED) is 0.559. The maximum atomic E-state index is 5.93. The minimum absolute atomic E-state index is 0.266. The van der Waals surface area contributed by atoms with E-state index in [0.29, 0.717) is 11.8 Å². The first kappa shape index (κ1) is 15.3. The highest BCUT2D eigenvalue weighted by atomic mass is 16.4. The third-order valence-corrected chi connectivity index (χ3v) is 4.85. The molecule has 0 aliphatic carbocycles. The van der Waals surface area contributed by atoms with E-state index in [9.17, 15) is 0 Å². The average molecular weight is 346 g/mol. The molecule has 0 radical (unpaired) electrons. The highest BCUT2D eigenvalue weighted by Gasteiger charge is 2.29. The number of rotatable bonds is 4. The molecule has 130 valence electrons. The van der Waals surface area contributed by atoms with Crippen LogP contribution in [-0.2, 0) is 6.54 Å². The van der Waals surface area contributed by atoms with E-state index in [1.807, 2.05) is 30.3 Å². The molecule has 26 heavy (non-hydrogen) atoms. The lowest BCUT2D eigenvalue weighted by molar-refractivity contribution is 0.294. The van der Waals surface area contributed by atoms with Gasteiger partial charge in [-0.1, -0.05) is 18.2 Å². The molecule has 1 aliphatic rings. The van der Waals surface area contributed by atoms with Crippen LogP contribution in [0, 0.1) is 0 Å². The molecular formula is C20H18N4O2. The van der Waals surface area contributed by atoms with E-state index >= 15 is 0 Å². The summed E-state index contributed by atoms with van der Waals surface area (Å²) < 4.78 is 11.8. The Morgan fingerprint density at radius 3 is 2.81 bits per heavy atom. The number of nitrogens with zero attached hydrogens (tertiary/aromatic N) is 4. The van der Waals surface area contributed by atoms with Crippen LogP contribution in [0.4, 0.5) is 0 Å². The third kappa shape index (κ3) is 2.88. The van der Waals surface area contributed by atoms with Crippen LogP contribution >= 0.6 is 0 Å². The number of likely N-dealkylation sites (tertiary alicyclic amines) is 1. The van der Waals surface area contributed by atoms with Crippen molar-refractivity contribution in [2.24, 2.45) is 0 Å². The van der Waals surface area contributed by atoms with E-state index in [1.54, 1.807) is 12.4 Å². The number of fused-ring (bicyclic) bond motifs is 1. The van der Waals surface area contributed by atoms with E-state index < -0.39 is 0 Å². The maximum Gasteiger partial charge on any atom is 0.247 e. The first-order chi connectivity index (χ1) is 12.8. The van der Waals surface area contributed by atoms with Gasteiger partial charge in [0.2, 0.25) is 11.8 Å². The van der Waals surface area contributed by atoms with E-state index in [-0.39, 0.29) is 5.92 Å². The molecule has 0 N–H and O–H groups in total. The number of hydrogen-bond donors (Lipinski definition) is 0. The standard InChI is InChI=1S/C20H18N4O2/c1-2-4-18-15(3-1)11-17(25-18)13-24-10-7-16(12-24)20-23-22-19(26-20)14-5-8-21-9-6-14/h1-6,8-9,11,16H,7,10,12-13H2/t16-/m0/s1. The second kappa shape index (κ2) is 6.38. The van der Waals surface area contributed by atoms with Gasteiger partial charge in [-0.3, -0.25) is 9.88 Å². The van der Waals surface area contributed by atoms with Crippen molar-refractivity contribution in [3.8, 4) is 11.5 Å². The fraction of sp³-hybridized carbons (Fsp3) is 0.250. The summed E-state index contributed by atoms with van der Waals surface area (Å²) in [4.78, 5) is 6.39. The van der Waals surface area contributed by atoms with Crippen molar-refractivity contribution in [3.05, 3.63) is 66.5 Å². The SMILES string of the molecule is c1ccc2oc(CN3CC[C@H](c4nnc(-c5ccncc5)o4)C3)cc2c1. The number of hydrogen-bond acceptors (Lipinski definition) is 6. The van der Waals surface area contributed by atoms with E-state index in [4.69, 9.17) is 8.83 Å². The first-order valence-electron chi connectivity index (χ1n) is 8.79. The second-order valence-corrected chi connectivity index (χ2v) is 6.65. The summed E-state index contributed by atoms with van der Waals surface area (Å²) in [5.41, 5.74) is 1.84. The van der Waals surface area contributed by atoms with Gasteiger partial charge in [-0.15, -0.1) is 10.2 Å². The van der Waals surface area contributed by atoms with Crippen LogP contribution in [0.3, 0.4) is 0 Å². The molecule has 1 atom stereocenters. The molecular weight excluding hydrogens is 328 g/mol. The molecule has 1 aromatic carbocycles. The molecule has 1 saturated heterocycles. The maximum absolute atomic E-state index is 5.93. The summed E-state index contributed by atoms with van der Waals surface area (Å²) in [7, 11) is 0. The Hall–Kier alpha value is -2.99. The van der Waals surface area contributed by atoms with Gasteiger partial charge in [-0.2, -0.15) is 0 Å². The van der Waals surface area contributed by atoms with Crippen LogP contribution in [0.1, 0.15) is 24.0 Å². The van der Waals surface area contributed by atoms with Crippen LogP contribution in [0.5, 0.6) is 0 Å². The van der Waals surface area contributed by atoms with E-state index in [2.05, 4.69) is 32.2 Å². The van der Waals surface area contributed by atoms with Crippen molar-refractivity contribution in [2.75, 3.05) is 13.1 Å². The molecule has 5 rings (SSSR count). The van der Waals surface area contributed by atoms with Gasteiger partial charge < -0.3 is 8.83 Å². The lowest BCUT2D eigenvalue weighted by Crippen LogP contribution is -2.19. The van der Waals surface area contributed by atoms with Crippen LogP contribution < -0.4 is 0 Å². The fourth-order valence-electron chi connectivity index (χ4n) is 3.52. The van der Waals surface area contributed by atoms with Crippen LogP contribution in [0.2, 0.25) is 0 Å². The summed E-state index contributed by atoms with van der Waals surface area (Å²) in [6.07, 6.45) is 4.46. The number of furan rings is 1. The minimum Gasteiger partial charge on any atom is -0.460 e. The molecule has 0 amide bonds. The summed E-state index contributed by atoms with van der Waals surface area (Å²) in [6, 6.07) is 14.0. The molecule has 6 heteroatoms. The predicted molar refractivity (Wildman–Crippen MR) is 96.4 cm³/mol. The summed E-state index contributed by atoms with van der Waals surface area (Å²) in [5, 5.41) is 9.60. The fourth-order valence-corrected chi connectivity index (χ4v) is 3.52. The Kier molecular flexibility index (Phi) is 3.75. The summed E-state index contributed by atoms with van der Waals surface area (Å²) in [5.74, 6) is 2.53. The predicted octanol–water partition coefficient (Wildman–Crippen LogP) is 3.87. The lowest BCUT2D eigenvalue weighted by atomic mass is 10.1. The molecule has 1 fully saturated rings. The molecule has 3 aromatic heterocycles. The zero-order valence-corrected chi connectivity index (χ0v) is 14.2. The van der Waals surface area contributed by atoms with Gasteiger partial charge in [0.15, 0.2) is 0 Å². The van der Waals surface area contributed by atoms with Gasteiger partial charge in [-0.05, 0) is 37.2 Å². The van der Waals surface area contributed by atoms with Gasteiger partial charge in [0.25, 0.3) is 0 Å². The van der Waals surface area contributed by atoms with E-state index in [1.165, 1.54) is 0 Å². The molecule has 0 unspecified atom stereocenters. The van der Waals surface area contributed by atoms with Gasteiger partial charge in [-0.25, -0.2) is 0 Å². The van der Waals surface area contributed by atoms with Gasteiger partial charge >= 0.3 is 0 Å². The zero-order chi connectivity index (χ0) is 17.3. The Morgan fingerprint density at radius 1 is 1.04 bits per heavy atom. The molecule has 0 spiro atoms. The number of aromatic nitrogens is 3. The summed E-state index contributed by atoms with van der Waals surface area (Å²) in [6.45, 7) is 2.69. The normalized spacial score (nSPS) is 17.9. The van der Waals surface area contributed by atoms with E-state index in [0.717, 1.165) is 48.3 Å². The first-order valence-corrected chi connectivity index (χ1v) is 8.79. The minimum atomic E-state index is 0.266. The van der Waals surface area contributed by atoms with Gasteiger partial charge in [0, 0.05) is 29.9 Å². The largest absolute Gasteiger partial charge is 0.460 e. The van der Waals surface area contributed by atoms with Crippen molar-refractivity contribution in [3.63, 3.8) is 0 Å². The van der Waals surface area contributed by atoms with Crippen molar-refractivity contribution >= 4 is 11.0 Å². The topological polar surface area (TPSA) is 68.2 Å². The second-order valence-electron chi connectivity index (χ2n) is 6.65. The van der Waals surface area contributed by atoms with Crippen LogP contribution in [-0.4, -0.2) is 33.2 Å². The molecule has 6 nitrogen and oxygen atoms in total. The molecule has 0 saturated carbocycles. The Labute approximate surface area is 150 Å². The molecule has 1 aliphatic heterocycles. The highest BCUT2D eigenvalue weighted by Crippen LogP contribution is 2.30. The zero-order valence-electron chi connectivity index (χ0n) is 14.2. The van der Waals surface area contributed by atoms with Crippen molar-refractivity contribution in [1.82, 2.24) is 20.1 Å². The lowest BCUT2D eigenvalue weighted by Gasteiger charge is -2.12. The Morgan fingerprint density at radius 2 is 1.92 bits per heavy atom. The highest BCUT2D eigenvalue weighted by molar-refractivity contribution is 5.77. The Bertz CT molecular complexity index is 991. The molecule has 0 bridgehead atoms. The number of benzene rings is 1. The van der Waals surface area contributed by atoms with Crippen molar-refractivity contribution in [2.45, 2.75) is 18.9 Å². The van der Waals surface area contributed by atoms with Crippen molar-refractivity contribution < 1.29 is 8.83 Å².